The average molecular weight is 295 g/mol. The Morgan fingerprint density at radius 1 is 1.00 bits per heavy atom. The summed E-state index contributed by atoms with van der Waals surface area (Å²) in [5.74, 6) is 0. The fraction of sp³-hybridized carbons (Fsp3) is 0.368. The van der Waals surface area contributed by atoms with Crippen molar-refractivity contribution in [2.24, 2.45) is 0 Å². The average Bonchev–Trinajstić information content (AvgIpc) is 2.61. The van der Waals surface area contributed by atoms with Gasteiger partial charge < -0.3 is 10.6 Å². The number of rotatable bonds is 5. The molecule has 1 fully saturated rings. The summed E-state index contributed by atoms with van der Waals surface area (Å²) in [5.41, 5.74) is 3.88. The number of anilines is 1. The van der Waals surface area contributed by atoms with Crippen LogP contribution < -0.4 is 10.6 Å². The van der Waals surface area contributed by atoms with Crippen molar-refractivity contribution in [2.45, 2.75) is 19.5 Å². The van der Waals surface area contributed by atoms with Crippen molar-refractivity contribution in [2.75, 3.05) is 31.5 Å². The molecule has 0 spiro atoms. The van der Waals surface area contributed by atoms with Crippen molar-refractivity contribution < 1.29 is 0 Å². The lowest BCUT2D eigenvalue weighted by molar-refractivity contribution is 0.185. The molecule has 2 N–H and O–H groups in total. The van der Waals surface area contributed by atoms with Gasteiger partial charge in [-0.1, -0.05) is 42.5 Å². The van der Waals surface area contributed by atoms with Gasteiger partial charge in [-0.15, -0.1) is 0 Å². The molecule has 0 unspecified atom stereocenters. The molecule has 1 heterocycles. The van der Waals surface area contributed by atoms with Crippen LogP contribution in [0.1, 0.15) is 24.1 Å². The lowest BCUT2D eigenvalue weighted by atomic mass is 10.1. The SMILES string of the molecule is C[C@@H](c1ccc(NCc2ccccc2)cc1)N1CCNCC1. The van der Waals surface area contributed by atoms with Crippen LogP contribution >= 0.6 is 0 Å². The number of nitrogens with one attached hydrogen (secondary N) is 2. The van der Waals surface area contributed by atoms with E-state index < -0.39 is 0 Å². The minimum Gasteiger partial charge on any atom is -0.381 e. The molecule has 2 aromatic carbocycles. The normalized spacial score (nSPS) is 17.1. The van der Waals surface area contributed by atoms with Crippen LogP contribution in [0.25, 0.3) is 0 Å². The summed E-state index contributed by atoms with van der Waals surface area (Å²) in [6.07, 6.45) is 0. The Morgan fingerprint density at radius 3 is 2.36 bits per heavy atom. The molecule has 116 valence electrons. The van der Waals surface area contributed by atoms with Crippen LogP contribution in [-0.4, -0.2) is 31.1 Å². The molecule has 3 rings (SSSR count). The molecule has 1 aliphatic heterocycles. The van der Waals surface area contributed by atoms with Gasteiger partial charge in [-0.25, -0.2) is 0 Å². The Labute approximate surface area is 133 Å². The van der Waals surface area contributed by atoms with E-state index in [1.165, 1.54) is 16.8 Å². The Kier molecular flexibility index (Phi) is 5.09. The van der Waals surface area contributed by atoms with Crippen LogP contribution in [-0.2, 0) is 6.54 Å². The molecule has 3 heteroatoms. The number of piperazine rings is 1. The molecular formula is C19H25N3. The first-order chi connectivity index (χ1) is 10.8. The topological polar surface area (TPSA) is 27.3 Å². The van der Waals surface area contributed by atoms with Crippen molar-refractivity contribution >= 4 is 5.69 Å². The van der Waals surface area contributed by atoms with E-state index in [2.05, 4.69) is 77.1 Å². The third-order valence-electron chi connectivity index (χ3n) is 4.43. The first-order valence-electron chi connectivity index (χ1n) is 8.15. The van der Waals surface area contributed by atoms with Gasteiger partial charge in [0.1, 0.15) is 0 Å². The standard InChI is InChI=1S/C19H25N3/c1-16(22-13-11-20-12-14-22)18-7-9-19(10-8-18)21-15-17-5-3-2-4-6-17/h2-10,16,20-21H,11-15H2,1H3/t16-/m0/s1. The van der Waals surface area contributed by atoms with Gasteiger partial charge in [0.25, 0.3) is 0 Å². The Balaban J connectivity index is 1.57. The number of hydrogen-bond acceptors (Lipinski definition) is 3. The summed E-state index contributed by atoms with van der Waals surface area (Å²) < 4.78 is 0. The second kappa shape index (κ2) is 7.43. The summed E-state index contributed by atoms with van der Waals surface area (Å²) in [6.45, 7) is 7.64. The highest BCUT2D eigenvalue weighted by atomic mass is 15.2. The molecule has 3 nitrogen and oxygen atoms in total. The highest BCUT2D eigenvalue weighted by Gasteiger charge is 2.17. The van der Waals surface area contributed by atoms with Gasteiger partial charge in [-0.3, -0.25) is 4.90 Å². The molecule has 0 saturated carbocycles. The van der Waals surface area contributed by atoms with Gasteiger partial charge >= 0.3 is 0 Å². The molecule has 0 radical (unpaired) electrons. The lowest BCUT2D eigenvalue weighted by Crippen LogP contribution is -2.44. The minimum atomic E-state index is 0.491. The molecule has 1 atom stereocenters. The van der Waals surface area contributed by atoms with Crippen molar-refractivity contribution in [3.63, 3.8) is 0 Å². The summed E-state index contributed by atoms with van der Waals surface area (Å²) in [5, 5.41) is 6.89. The second-order valence-electron chi connectivity index (χ2n) is 5.92. The zero-order chi connectivity index (χ0) is 15.2. The molecule has 0 aliphatic carbocycles. The first-order valence-corrected chi connectivity index (χ1v) is 8.15. The molecule has 1 saturated heterocycles. The number of hydrogen-bond donors (Lipinski definition) is 2. The maximum atomic E-state index is 3.48. The third-order valence-corrected chi connectivity index (χ3v) is 4.43. The maximum absolute atomic E-state index is 3.48. The minimum absolute atomic E-state index is 0.491. The molecule has 0 bridgehead atoms. The van der Waals surface area contributed by atoms with Gasteiger partial charge in [0, 0.05) is 44.5 Å². The van der Waals surface area contributed by atoms with Crippen LogP contribution in [0.15, 0.2) is 54.6 Å². The van der Waals surface area contributed by atoms with E-state index in [0.717, 1.165) is 32.7 Å². The zero-order valence-electron chi connectivity index (χ0n) is 13.3. The van der Waals surface area contributed by atoms with Crippen molar-refractivity contribution in [1.82, 2.24) is 10.2 Å². The van der Waals surface area contributed by atoms with Gasteiger partial charge in [-0.2, -0.15) is 0 Å². The van der Waals surface area contributed by atoms with E-state index in [1.807, 2.05) is 0 Å². The molecular weight excluding hydrogens is 270 g/mol. The number of nitrogens with zero attached hydrogens (tertiary/aromatic N) is 1. The van der Waals surface area contributed by atoms with Crippen LogP contribution in [0.4, 0.5) is 5.69 Å². The van der Waals surface area contributed by atoms with E-state index in [9.17, 15) is 0 Å². The van der Waals surface area contributed by atoms with Crippen molar-refractivity contribution in [3.8, 4) is 0 Å². The van der Waals surface area contributed by atoms with Crippen molar-refractivity contribution in [3.05, 3.63) is 65.7 Å². The summed E-state index contributed by atoms with van der Waals surface area (Å²) in [6, 6.07) is 19.9. The molecule has 0 aromatic heterocycles. The summed E-state index contributed by atoms with van der Waals surface area (Å²) in [7, 11) is 0. The van der Waals surface area contributed by atoms with Gasteiger partial charge in [0.2, 0.25) is 0 Å². The van der Waals surface area contributed by atoms with E-state index in [1.54, 1.807) is 0 Å². The molecule has 1 aliphatic rings. The summed E-state index contributed by atoms with van der Waals surface area (Å²) >= 11 is 0. The van der Waals surface area contributed by atoms with E-state index in [-0.39, 0.29) is 0 Å². The quantitative estimate of drug-likeness (QED) is 0.886. The van der Waals surface area contributed by atoms with E-state index in [4.69, 9.17) is 0 Å². The van der Waals surface area contributed by atoms with Crippen LogP contribution in [0.5, 0.6) is 0 Å². The van der Waals surface area contributed by atoms with Gasteiger partial charge in [0.05, 0.1) is 0 Å². The first kappa shape index (κ1) is 15.1. The van der Waals surface area contributed by atoms with E-state index in [0.29, 0.717) is 6.04 Å². The van der Waals surface area contributed by atoms with Crippen LogP contribution in [0.2, 0.25) is 0 Å². The monoisotopic (exact) mass is 295 g/mol. The predicted octanol–water partition coefficient (Wildman–Crippen LogP) is 3.26. The zero-order valence-corrected chi connectivity index (χ0v) is 13.3. The molecule has 22 heavy (non-hydrogen) atoms. The van der Waals surface area contributed by atoms with Gasteiger partial charge in [-0.05, 0) is 30.2 Å². The second-order valence-corrected chi connectivity index (χ2v) is 5.92. The predicted molar refractivity (Wildman–Crippen MR) is 93.1 cm³/mol. The largest absolute Gasteiger partial charge is 0.381 e. The highest BCUT2D eigenvalue weighted by molar-refractivity contribution is 5.45. The Morgan fingerprint density at radius 2 is 1.68 bits per heavy atom. The Bertz CT molecular complexity index is 559. The maximum Gasteiger partial charge on any atom is 0.0400 e. The molecule has 2 aromatic rings. The van der Waals surface area contributed by atoms with E-state index >= 15 is 0 Å². The lowest BCUT2D eigenvalue weighted by Gasteiger charge is -2.33. The van der Waals surface area contributed by atoms with Crippen molar-refractivity contribution in [1.29, 1.82) is 0 Å². The Hall–Kier alpha value is -1.84. The fourth-order valence-corrected chi connectivity index (χ4v) is 2.96. The van der Waals surface area contributed by atoms with Gasteiger partial charge in [0.15, 0.2) is 0 Å². The number of benzene rings is 2. The fourth-order valence-electron chi connectivity index (χ4n) is 2.96. The highest BCUT2D eigenvalue weighted by Crippen LogP contribution is 2.22. The third kappa shape index (κ3) is 3.87. The smallest absolute Gasteiger partial charge is 0.0400 e. The van der Waals surface area contributed by atoms with Crippen LogP contribution in [0, 0.1) is 0 Å². The molecule has 0 amide bonds. The summed E-state index contributed by atoms with van der Waals surface area (Å²) in [4.78, 5) is 2.54. The van der Waals surface area contributed by atoms with Crippen LogP contribution in [0.3, 0.4) is 0 Å².